The standard InChI is InChI=1S/C18H16N2O/c19-12-16(13-6-2-1-3-7-13)18(21)20-17-11-10-14-8-4-5-9-15(14)17/h1-9,16-17H,10-11H2,(H,20,21). The highest BCUT2D eigenvalue weighted by atomic mass is 16.1. The number of carbonyl (C=O) groups excluding carboxylic acids is 1. The van der Waals surface area contributed by atoms with E-state index in [0.717, 1.165) is 18.4 Å². The smallest absolute Gasteiger partial charge is 0.242 e. The predicted molar refractivity (Wildman–Crippen MR) is 80.4 cm³/mol. The molecule has 1 amide bonds. The molecule has 2 unspecified atom stereocenters. The third kappa shape index (κ3) is 2.66. The molecule has 0 saturated carbocycles. The van der Waals surface area contributed by atoms with E-state index in [9.17, 15) is 10.1 Å². The van der Waals surface area contributed by atoms with Crippen molar-refractivity contribution in [1.29, 1.82) is 5.26 Å². The molecule has 3 rings (SSSR count). The van der Waals surface area contributed by atoms with E-state index in [0.29, 0.717) is 0 Å². The first kappa shape index (κ1) is 13.4. The minimum Gasteiger partial charge on any atom is -0.348 e. The van der Waals surface area contributed by atoms with E-state index in [1.54, 1.807) is 0 Å². The second-order valence-electron chi connectivity index (χ2n) is 5.27. The molecule has 0 radical (unpaired) electrons. The molecule has 0 aliphatic heterocycles. The monoisotopic (exact) mass is 276 g/mol. The van der Waals surface area contributed by atoms with Gasteiger partial charge >= 0.3 is 0 Å². The van der Waals surface area contributed by atoms with Crippen LogP contribution in [0.2, 0.25) is 0 Å². The summed E-state index contributed by atoms with van der Waals surface area (Å²) in [5.74, 6) is -0.968. The van der Waals surface area contributed by atoms with Crippen LogP contribution in [0.25, 0.3) is 0 Å². The Morgan fingerprint density at radius 2 is 1.86 bits per heavy atom. The average Bonchev–Trinajstić information content (AvgIpc) is 2.92. The second kappa shape index (κ2) is 5.80. The van der Waals surface area contributed by atoms with E-state index in [1.807, 2.05) is 42.5 Å². The number of nitrogens with one attached hydrogen (secondary N) is 1. The first-order valence-electron chi connectivity index (χ1n) is 7.12. The van der Waals surface area contributed by atoms with Crippen LogP contribution in [0.5, 0.6) is 0 Å². The summed E-state index contributed by atoms with van der Waals surface area (Å²) in [5, 5.41) is 12.3. The number of fused-ring (bicyclic) bond motifs is 1. The molecule has 21 heavy (non-hydrogen) atoms. The number of nitrogens with zero attached hydrogens (tertiary/aromatic N) is 1. The van der Waals surface area contributed by atoms with E-state index < -0.39 is 5.92 Å². The van der Waals surface area contributed by atoms with E-state index in [2.05, 4.69) is 23.5 Å². The van der Waals surface area contributed by atoms with Crippen molar-refractivity contribution in [2.75, 3.05) is 0 Å². The largest absolute Gasteiger partial charge is 0.348 e. The summed E-state index contributed by atoms with van der Waals surface area (Å²) in [6, 6.07) is 19.5. The van der Waals surface area contributed by atoms with Crippen molar-refractivity contribution in [2.45, 2.75) is 24.8 Å². The Balaban J connectivity index is 1.77. The molecular formula is C18H16N2O. The molecule has 1 aliphatic carbocycles. The Labute approximate surface area is 124 Å². The summed E-state index contributed by atoms with van der Waals surface area (Å²) in [7, 11) is 0. The molecule has 0 fully saturated rings. The van der Waals surface area contributed by atoms with Crippen LogP contribution in [0.4, 0.5) is 0 Å². The lowest BCUT2D eigenvalue weighted by Crippen LogP contribution is -2.31. The van der Waals surface area contributed by atoms with Gasteiger partial charge in [0.05, 0.1) is 12.1 Å². The minimum absolute atomic E-state index is 0.0215. The fraction of sp³-hybridized carbons (Fsp3) is 0.222. The summed E-state index contributed by atoms with van der Waals surface area (Å²) < 4.78 is 0. The molecular weight excluding hydrogens is 260 g/mol. The van der Waals surface area contributed by atoms with E-state index in [4.69, 9.17) is 0 Å². The average molecular weight is 276 g/mol. The van der Waals surface area contributed by atoms with Crippen molar-refractivity contribution < 1.29 is 4.79 Å². The van der Waals surface area contributed by atoms with Gasteiger partial charge in [-0.1, -0.05) is 54.6 Å². The first-order chi connectivity index (χ1) is 10.3. The molecule has 3 nitrogen and oxygen atoms in total. The zero-order valence-electron chi connectivity index (χ0n) is 11.6. The molecule has 0 heterocycles. The molecule has 104 valence electrons. The van der Waals surface area contributed by atoms with Gasteiger partial charge in [0.15, 0.2) is 0 Å². The highest BCUT2D eigenvalue weighted by Gasteiger charge is 2.27. The lowest BCUT2D eigenvalue weighted by Gasteiger charge is -2.17. The zero-order chi connectivity index (χ0) is 14.7. The first-order valence-corrected chi connectivity index (χ1v) is 7.12. The Morgan fingerprint density at radius 3 is 2.62 bits per heavy atom. The van der Waals surface area contributed by atoms with E-state index in [1.165, 1.54) is 11.1 Å². The van der Waals surface area contributed by atoms with Crippen molar-refractivity contribution in [1.82, 2.24) is 5.32 Å². The quantitative estimate of drug-likeness (QED) is 0.936. The van der Waals surface area contributed by atoms with Crippen LogP contribution in [0.1, 0.15) is 35.1 Å². The molecule has 1 N–H and O–H groups in total. The number of nitriles is 1. The predicted octanol–water partition coefficient (Wildman–Crippen LogP) is 3.10. The Bertz CT molecular complexity index is 688. The molecule has 2 aromatic carbocycles. The summed E-state index contributed by atoms with van der Waals surface area (Å²) >= 11 is 0. The fourth-order valence-corrected chi connectivity index (χ4v) is 2.89. The highest BCUT2D eigenvalue weighted by molar-refractivity contribution is 5.86. The number of hydrogen-bond acceptors (Lipinski definition) is 2. The molecule has 0 saturated heterocycles. The number of hydrogen-bond donors (Lipinski definition) is 1. The Morgan fingerprint density at radius 1 is 1.14 bits per heavy atom. The van der Waals surface area contributed by atoms with Crippen LogP contribution < -0.4 is 5.32 Å². The van der Waals surface area contributed by atoms with Crippen molar-refractivity contribution in [3.05, 3.63) is 71.3 Å². The third-order valence-corrected chi connectivity index (χ3v) is 3.97. The van der Waals surface area contributed by atoms with Gasteiger partial charge in [-0.3, -0.25) is 4.79 Å². The SMILES string of the molecule is N#CC(C(=O)NC1CCc2ccccc21)c1ccccc1. The molecule has 2 atom stereocenters. The molecule has 1 aliphatic rings. The molecule has 0 aromatic heterocycles. The number of amides is 1. The second-order valence-corrected chi connectivity index (χ2v) is 5.27. The summed E-state index contributed by atoms with van der Waals surface area (Å²) in [6.45, 7) is 0. The molecule has 2 aromatic rings. The van der Waals surface area contributed by atoms with E-state index >= 15 is 0 Å². The lowest BCUT2D eigenvalue weighted by atomic mass is 9.99. The van der Waals surface area contributed by atoms with Crippen LogP contribution in [0.15, 0.2) is 54.6 Å². The number of aryl methyl sites for hydroxylation is 1. The number of benzene rings is 2. The van der Waals surface area contributed by atoms with Gasteiger partial charge in [0.1, 0.15) is 5.92 Å². The van der Waals surface area contributed by atoms with Crippen molar-refractivity contribution in [2.24, 2.45) is 0 Å². The summed E-state index contributed by atoms with van der Waals surface area (Å²) in [4.78, 5) is 12.4. The lowest BCUT2D eigenvalue weighted by molar-refractivity contribution is -0.122. The van der Waals surface area contributed by atoms with Crippen molar-refractivity contribution in [3.63, 3.8) is 0 Å². The van der Waals surface area contributed by atoms with Gasteiger partial charge in [0.2, 0.25) is 5.91 Å². The van der Waals surface area contributed by atoms with Crippen molar-refractivity contribution in [3.8, 4) is 6.07 Å². The Kier molecular flexibility index (Phi) is 3.70. The summed E-state index contributed by atoms with van der Waals surface area (Å²) in [6.07, 6.45) is 1.88. The van der Waals surface area contributed by atoms with Gasteiger partial charge in [0, 0.05) is 0 Å². The van der Waals surface area contributed by atoms with Crippen LogP contribution in [0, 0.1) is 11.3 Å². The van der Waals surface area contributed by atoms with E-state index in [-0.39, 0.29) is 11.9 Å². The minimum atomic E-state index is -0.751. The Hall–Kier alpha value is -2.60. The van der Waals surface area contributed by atoms with Crippen LogP contribution >= 0.6 is 0 Å². The number of carbonyl (C=O) groups is 1. The van der Waals surface area contributed by atoms with Crippen LogP contribution in [0.3, 0.4) is 0 Å². The molecule has 0 spiro atoms. The van der Waals surface area contributed by atoms with Gasteiger partial charge in [-0.05, 0) is 29.5 Å². The van der Waals surface area contributed by atoms with Gasteiger partial charge in [0.25, 0.3) is 0 Å². The topological polar surface area (TPSA) is 52.9 Å². The summed E-state index contributed by atoms with van der Waals surface area (Å²) in [5.41, 5.74) is 3.20. The van der Waals surface area contributed by atoms with Gasteiger partial charge in [-0.2, -0.15) is 5.26 Å². The molecule has 0 bridgehead atoms. The highest BCUT2D eigenvalue weighted by Crippen LogP contribution is 2.31. The van der Waals surface area contributed by atoms with Gasteiger partial charge < -0.3 is 5.32 Å². The number of rotatable bonds is 3. The zero-order valence-corrected chi connectivity index (χ0v) is 11.6. The maximum Gasteiger partial charge on any atom is 0.242 e. The molecule has 3 heteroatoms. The van der Waals surface area contributed by atoms with Gasteiger partial charge in [-0.15, -0.1) is 0 Å². The maximum atomic E-state index is 12.4. The van der Waals surface area contributed by atoms with Crippen LogP contribution in [-0.4, -0.2) is 5.91 Å². The van der Waals surface area contributed by atoms with Gasteiger partial charge in [-0.25, -0.2) is 0 Å². The normalized spacial score (nSPS) is 17.6. The fourth-order valence-electron chi connectivity index (χ4n) is 2.89. The maximum absolute atomic E-state index is 12.4. The third-order valence-electron chi connectivity index (χ3n) is 3.97. The van der Waals surface area contributed by atoms with Crippen molar-refractivity contribution >= 4 is 5.91 Å². The van der Waals surface area contributed by atoms with Crippen LogP contribution in [-0.2, 0) is 11.2 Å².